The number of alkyl halides is 6. The van der Waals surface area contributed by atoms with Gasteiger partial charge in [-0.3, -0.25) is 14.5 Å². The van der Waals surface area contributed by atoms with E-state index in [2.05, 4.69) is 31.1 Å². The van der Waals surface area contributed by atoms with E-state index in [9.17, 15) is 59.0 Å². The second kappa shape index (κ2) is 12.3. The zero-order chi connectivity index (χ0) is 32.4. The molecule has 42 heavy (non-hydrogen) atoms. The number of carboxylic acids is 2. The number of carbonyl (C=O) groups excluding carboxylic acids is 2. The van der Waals surface area contributed by atoms with E-state index in [0.717, 1.165) is 30.2 Å². The number of β-lactam (4-membered cyclic amide) rings is 1. The zero-order valence-electron chi connectivity index (χ0n) is 20.4. The summed E-state index contributed by atoms with van der Waals surface area (Å²) in [5.74, 6) is -7.12. The van der Waals surface area contributed by atoms with E-state index in [4.69, 9.17) is 10.8 Å². The van der Waals surface area contributed by atoms with Crippen molar-refractivity contribution in [2.75, 3.05) is 24.3 Å². The molecule has 5 N–H and O–H groups in total. The molecule has 0 radical (unpaired) electrons. The number of hydrogen-bond acceptors (Lipinski definition) is 13. The molecule has 234 valence electrons. The van der Waals surface area contributed by atoms with Gasteiger partial charge in [0.05, 0.1) is 11.8 Å². The number of hydrogen-bond donors (Lipinski definition) is 4. The highest BCUT2D eigenvalue weighted by atomic mass is 32.2. The van der Waals surface area contributed by atoms with E-state index in [0.29, 0.717) is 4.90 Å². The molecule has 3 atom stereocenters. The smallest absolute Gasteiger partial charge is 0.478 e. The first-order valence-corrected chi connectivity index (χ1v) is 13.8. The number of anilines is 1. The van der Waals surface area contributed by atoms with Gasteiger partial charge in [-0.1, -0.05) is 11.7 Å². The maximum atomic E-state index is 12.8. The Kier molecular flexibility index (Phi) is 10.1. The molecule has 15 nitrogen and oxygen atoms in total. The molecule has 2 saturated heterocycles. The number of thiazole rings is 1. The van der Waals surface area contributed by atoms with Gasteiger partial charge in [0.2, 0.25) is 5.91 Å². The number of nitrogens with two attached hydrogens (primary N) is 1. The quantitative estimate of drug-likeness (QED) is 0.0556. The summed E-state index contributed by atoms with van der Waals surface area (Å²) < 4.78 is 99.2. The average Bonchev–Trinajstić information content (AvgIpc) is 3.29. The molecular weight excluding hydrogens is 656 g/mol. The van der Waals surface area contributed by atoms with Crippen LogP contribution in [0.15, 0.2) is 22.7 Å². The van der Waals surface area contributed by atoms with Gasteiger partial charge in [-0.25, -0.2) is 18.8 Å². The summed E-state index contributed by atoms with van der Waals surface area (Å²) in [6.07, 6.45) is -4.81. The number of carbonyl (C=O) groups is 4. The van der Waals surface area contributed by atoms with Crippen LogP contribution < -0.4 is 11.1 Å². The average molecular weight is 674 g/mol. The molecular formula is C18H17F6N5O10S3. The lowest BCUT2D eigenvalue weighted by Gasteiger charge is -2.56. The van der Waals surface area contributed by atoms with Crippen LogP contribution in [0.4, 0.5) is 31.5 Å². The van der Waals surface area contributed by atoms with E-state index in [1.807, 2.05) is 0 Å². The molecule has 1 aromatic heterocycles. The Balaban J connectivity index is 0.000000592. The van der Waals surface area contributed by atoms with Crippen LogP contribution in [0.25, 0.3) is 0 Å². The number of rotatable bonds is 8. The molecule has 2 amide bonds. The monoisotopic (exact) mass is 673 g/mol. The molecule has 1 aromatic rings. The lowest BCUT2D eigenvalue weighted by molar-refractivity contribution is -0.201. The van der Waals surface area contributed by atoms with Crippen molar-refractivity contribution in [2.24, 2.45) is 5.16 Å². The molecule has 2 aliphatic rings. The number of nitrogen functional groups attached to an aromatic ring is 1. The predicted molar refractivity (Wildman–Crippen MR) is 129 cm³/mol. The maximum absolute atomic E-state index is 12.8. The molecule has 0 aliphatic carbocycles. The van der Waals surface area contributed by atoms with E-state index in [-0.39, 0.29) is 22.3 Å². The summed E-state index contributed by atoms with van der Waals surface area (Å²) in [6.45, 7) is 2.30. The summed E-state index contributed by atoms with van der Waals surface area (Å²) in [6, 6.07) is -2.59. The van der Waals surface area contributed by atoms with Gasteiger partial charge in [-0.05, 0) is 0 Å². The Hall–Kier alpha value is -3.64. The Morgan fingerprint density at radius 1 is 1.26 bits per heavy atom. The summed E-state index contributed by atoms with van der Waals surface area (Å²) >= 11 is 1.72. The van der Waals surface area contributed by atoms with Gasteiger partial charge in [0, 0.05) is 11.1 Å². The topological polar surface area (TPSA) is 228 Å². The summed E-state index contributed by atoms with van der Waals surface area (Å²) in [4.78, 5) is 55.5. The highest BCUT2D eigenvalue weighted by molar-refractivity contribution is 7.99. The molecule has 3 rings (SSSR count). The highest BCUT2D eigenvalue weighted by Gasteiger charge is 2.67. The predicted octanol–water partition coefficient (Wildman–Crippen LogP) is 0.355. The number of nitrogens with zero attached hydrogens (tertiary/aromatic N) is 3. The number of fused-ring (bicyclic) bond motifs is 1. The van der Waals surface area contributed by atoms with Crippen LogP contribution in [-0.2, 0) is 38.3 Å². The van der Waals surface area contributed by atoms with Crippen LogP contribution in [0.3, 0.4) is 0 Å². The third-order valence-electron chi connectivity index (χ3n) is 5.11. The Morgan fingerprint density at radius 3 is 2.26 bits per heavy atom. The van der Waals surface area contributed by atoms with Crippen LogP contribution in [-0.4, -0.2) is 106 Å². The van der Waals surface area contributed by atoms with Crippen molar-refractivity contribution in [2.45, 2.75) is 29.5 Å². The van der Waals surface area contributed by atoms with E-state index in [1.165, 1.54) is 5.38 Å². The van der Waals surface area contributed by atoms with Gasteiger partial charge in [0.25, 0.3) is 11.6 Å². The van der Waals surface area contributed by atoms with Crippen LogP contribution >= 0.6 is 23.1 Å². The number of halogens is 6. The molecule has 0 bridgehead atoms. The summed E-state index contributed by atoms with van der Waals surface area (Å²) in [7, 11) is -5.24. The fourth-order valence-electron chi connectivity index (χ4n) is 3.22. The van der Waals surface area contributed by atoms with Crippen LogP contribution in [0.1, 0.15) is 5.69 Å². The fourth-order valence-corrected chi connectivity index (χ4v) is 5.81. The van der Waals surface area contributed by atoms with E-state index < -0.39 is 74.7 Å². The number of thioether (sulfide) groups is 1. The molecule has 0 spiro atoms. The number of oxime groups is 1. The van der Waals surface area contributed by atoms with Gasteiger partial charge in [0.15, 0.2) is 10.8 Å². The molecule has 3 unspecified atom stereocenters. The fraction of sp³-hybridized carbons (Fsp3) is 0.444. The molecule has 2 aliphatic heterocycles. The van der Waals surface area contributed by atoms with Crippen molar-refractivity contribution in [1.82, 2.24) is 15.2 Å². The summed E-state index contributed by atoms with van der Waals surface area (Å²) in [5, 5.41) is 24.5. The minimum Gasteiger partial charge on any atom is -0.478 e. The Bertz CT molecular complexity index is 1410. The first kappa shape index (κ1) is 34.6. The molecule has 0 saturated carbocycles. The van der Waals surface area contributed by atoms with Crippen LogP contribution in [0, 0.1) is 0 Å². The number of aromatic nitrogens is 1. The number of amides is 2. The van der Waals surface area contributed by atoms with Crippen LogP contribution in [0.5, 0.6) is 0 Å². The SMILES string of the molecule is C=C(C(=O)O)C(F)(F)F.CON=C(C(=O)NC1C(=O)N2C1CSCC2(OS(=O)(=O)C(F)(F)F)C(=O)O)c1csc(N)n1. The second-order valence-corrected chi connectivity index (χ2v) is 11.2. The second-order valence-electron chi connectivity index (χ2n) is 7.79. The van der Waals surface area contributed by atoms with Crippen molar-refractivity contribution in [3.8, 4) is 0 Å². The van der Waals surface area contributed by atoms with E-state index in [1.54, 1.807) is 0 Å². The minimum absolute atomic E-state index is 0.0120. The highest BCUT2D eigenvalue weighted by Crippen LogP contribution is 2.43. The van der Waals surface area contributed by atoms with Gasteiger partial charge in [-0.2, -0.15) is 46.5 Å². The van der Waals surface area contributed by atoms with Crippen molar-refractivity contribution in [1.29, 1.82) is 0 Å². The van der Waals surface area contributed by atoms with Crippen LogP contribution in [0.2, 0.25) is 0 Å². The van der Waals surface area contributed by atoms with Crippen molar-refractivity contribution < 1.29 is 73.2 Å². The van der Waals surface area contributed by atoms with Gasteiger partial charge in [-0.15, -0.1) is 11.3 Å². The van der Waals surface area contributed by atoms with E-state index >= 15 is 0 Å². The summed E-state index contributed by atoms with van der Waals surface area (Å²) in [5.41, 5.74) is -5.66. The lowest BCUT2D eigenvalue weighted by Crippen LogP contribution is -2.82. The largest absolute Gasteiger partial charge is 0.523 e. The van der Waals surface area contributed by atoms with Gasteiger partial charge in [0.1, 0.15) is 24.4 Å². The Morgan fingerprint density at radius 2 is 1.86 bits per heavy atom. The van der Waals surface area contributed by atoms with Gasteiger partial charge >= 0.3 is 33.7 Å². The van der Waals surface area contributed by atoms with Crippen molar-refractivity contribution in [3.05, 3.63) is 23.2 Å². The number of nitrogens with one attached hydrogen (secondary N) is 1. The van der Waals surface area contributed by atoms with Gasteiger partial charge < -0.3 is 26.1 Å². The Labute approximate surface area is 238 Å². The third kappa shape index (κ3) is 7.04. The zero-order valence-corrected chi connectivity index (χ0v) is 22.9. The number of carboxylic acid groups (broad SMARTS) is 2. The maximum Gasteiger partial charge on any atom is 0.523 e. The minimum atomic E-state index is -6.37. The van der Waals surface area contributed by atoms with Crippen molar-refractivity contribution >= 4 is 67.8 Å². The molecule has 3 heterocycles. The number of aliphatic carboxylic acids is 2. The van der Waals surface area contributed by atoms with Crippen molar-refractivity contribution in [3.63, 3.8) is 0 Å². The first-order valence-electron chi connectivity index (χ1n) is 10.4. The standard InChI is InChI=1S/C14H14F3N5O8S3.C4H3F3O2/c1-29-21-7(5-2-32-12(18)19-5)9(23)20-8-6-3-31-4-13(11(25)26,22(6)10(8)24)30-33(27,28)14(15,16)17;1-2(3(8)9)4(5,6)7/h2,6,8H,3-4H2,1H3,(H2,18,19)(H,20,23)(H,25,26);1H2,(H,8,9). The molecule has 24 heteroatoms. The third-order valence-corrected chi connectivity index (χ3v) is 8.02. The molecule has 2 fully saturated rings. The normalized spacial score (nSPS) is 22.6. The lowest BCUT2D eigenvalue weighted by atomic mass is 9.91. The molecule has 0 aromatic carbocycles. The first-order chi connectivity index (χ1) is 19.1.